The Balaban J connectivity index is 1.33. The SMILES string of the molecule is Cc1ncc2n1C(=O)N(C1CCN(C(=O)[C@H](NC(=O)Nc3ccc(Cl)cc3)C(C)C)CC1)C2. The van der Waals surface area contributed by atoms with Crippen LogP contribution in [0.5, 0.6) is 0 Å². The number of nitrogens with zero attached hydrogens (tertiary/aromatic N) is 4. The van der Waals surface area contributed by atoms with E-state index in [1.165, 1.54) is 0 Å². The van der Waals surface area contributed by atoms with E-state index < -0.39 is 12.1 Å². The van der Waals surface area contributed by atoms with Gasteiger partial charge in [-0.2, -0.15) is 0 Å². The second-order valence-electron chi connectivity index (χ2n) is 8.93. The second kappa shape index (κ2) is 9.43. The monoisotopic (exact) mass is 472 g/mol. The number of likely N-dealkylation sites (tertiary alicyclic amines) is 1. The number of benzene rings is 1. The normalized spacial score (nSPS) is 17.3. The van der Waals surface area contributed by atoms with Crippen LogP contribution in [0.4, 0.5) is 15.3 Å². The lowest BCUT2D eigenvalue weighted by molar-refractivity contribution is -0.135. The second-order valence-corrected chi connectivity index (χ2v) is 9.36. The van der Waals surface area contributed by atoms with E-state index in [1.807, 2.05) is 25.7 Å². The summed E-state index contributed by atoms with van der Waals surface area (Å²) in [5, 5.41) is 6.14. The Labute approximate surface area is 198 Å². The molecule has 0 bridgehead atoms. The fourth-order valence-corrected chi connectivity index (χ4v) is 4.60. The fourth-order valence-electron chi connectivity index (χ4n) is 4.47. The Morgan fingerprint density at radius 1 is 1.15 bits per heavy atom. The number of amides is 4. The molecule has 4 rings (SSSR count). The zero-order valence-corrected chi connectivity index (χ0v) is 19.8. The van der Waals surface area contributed by atoms with E-state index in [9.17, 15) is 14.4 Å². The lowest BCUT2D eigenvalue weighted by Crippen LogP contribution is -2.55. The Morgan fingerprint density at radius 3 is 2.42 bits per heavy atom. The number of halogens is 1. The van der Waals surface area contributed by atoms with E-state index in [-0.39, 0.29) is 23.9 Å². The summed E-state index contributed by atoms with van der Waals surface area (Å²) in [6, 6.07) is 5.74. The van der Waals surface area contributed by atoms with Gasteiger partial charge >= 0.3 is 12.1 Å². The van der Waals surface area contributed by atoms with Gasteiger partial charge in [-0.1, -0.05) is 25.4 Å². The molecule has 0 unspecified atom stereocenters. The molecule has 1 fully saturated rings. The van der Waals surface area contributed by atoms with Crippen LogP contribution in [0.25, 0.3) is 0 Å². The number of anilines is 1. The van der Waals surface area contributed by atoms with Gasteiger partial charge in [-0.25, -0.2) is 14.6 Å². The quantitative estimate of drug-likeness (QED) is 0.695. The van der Waals surface area contributed by atoms with Gasteiger partial charge in [0, 0.05) is 29.8 Å². The number of aromatic nitrogens is 2. The number of piperidine rings is 1. The van der Waals surface area contributed by atoms with Gasteiger partial charge in [-0.05, 0) is 49.9 Å². The topological polar surface area (TPSA) is 99.6 Å². The molecule has 1 saturated heterocycles. The molecular formula is C23H29ClN6O3. The summed E-state index contributed by atoms with van der Waals surface area (Å²) < 4.78 is 1.66. The molecule has 0 saturated carbocycles. The molecule has 9 nitrogen and oxygen atoms in total. The first-order valence-corrected chi connectivity index (χ1v) is 11.6. The summed E-state index contributed by atoms with van der Waals surface area (Å²) in [6.45, 7) is 7.29. The van der Waals surface area contributed by atoms with Crippen molar-refractivity contribution in [3.63, 3.8) is 0 Å². The number of rotatable bonds is 5. The standard InChI is InChI=1S/C23H29ClN6O3/c1-14(2)20(27-22(32)26-17-6-4-16(24)5-7-17)21(31)28-10-8-18(9-11-28)29-13-19-12-25-15(3)30(19)23(29)33/h4-7,12,14,18,20H,8-11,13H2,1-3H3,(H2,26,27,32)/t20-/m1/s1. The third kappa shape index (κ3) is 4.83. The van der Waals surface area contributed by atoms with E-state index in [4.69, 9.17) is 11.6 Å². The van der Waals surface area contributed by atoms with Crippen LogP contribution in [-0.2, 0) is 11.3 Å². The fraction of sp³-hybridized carbons (Fsp3) is 0.478. The van der Waals surface area contributed by atoms with Crippen molar-refractivity contribution in [2.75, 3.05) is 18.4 Å². The number of carbonyl (C=O) groups is 3. The van der Waals surface area contributed by atoms with Gasteiger partial charge in [-0.3, -0.25) is 9.36 Å². The Bertz CT molecular complexity index is 1040. The van der Waals surface area contributed by atoms with Crippen LogP contribution in [0.2, 0.25) is 5.02 Å². The number of nitrogens with one attached hydrogen (secondary N) is 2. The number of aryl methyl sites for hydroxylation is 1. The molecule has 1 aromatic heterocycles. The number of fused-ring (bicyclic) bond motifs is 1. The molecule has 2 aliphatic heterocycles. The van der Waals surface area contributed by atoms with Crippen LogP contribution >= 0.6 is 11.6 Å². The number of urea groups is 1. The predicted molar refractivity (Wildman–Crippen MR) is 125 cm³/mol. The zero-order chi connectivity index (χ0) is 23.7. The van der Waals surface area contributed by atoms with Crippen molar-refractivity contribution < 1.29 is 14.4 Å². The molecule has 33 heavy (non-hydrogen) atoms. The van der Waals surface area contributed by atoms with Crippen molar-refractivity contribution in [3.05, 3.63) is 47.0 Å². The summed E-state index contributed by atoms with van der Waals surface area (Å²) in [6.07, 6.45) is 3.16. The Hall–Kier alpha value is -3.07. The van der Waals surface area contributed by atoms with Gasteiger partial charge in [0.25, 0.3) is 0 Å². The van der Waals surface area contributed by atoms with E-state index >= 15 is 0 Å². The number of carbonyl (C=O) groups excluding carboxylic acids is 3. The highest BCUT2D eigenvalue weighted by molar-refractivity contribution is 6.30. The van der Waals surface area contributed by atoms with E-state index in [2.05, 4.69) is 15.6 Å². The first-order valence-electron chi connectivity index (χ1n) is 11.2. The molecule has 0 aliphatic carbocycles. The number of hydrogen-bond donors (Lipinski definition) is 2. The van der Waals surface area contributed by atoms with Crippen molar-refractivity contribution in [2.24, 2.45) is 5.92 Å². The lowest BCUT2D eigenvalue weighted by atomic mass is 9.99. The number of hydrogen-bond acceptors (Lipinski definition) is 4. The van der Waals surface area contributed by atoms with E-state index in [1.54, 1.807) is 39.9 Å². The van der Waals surface area contributed by atoms with E-state index in [0.29, 0.717) is 49.0 Å². The largest absolute Gasteiger partial charge is 0.341 e. The Morgan fingerprint density at radius 2 is 1.82 bits per heavy atom. The molecule has 4 amide bonds. The van der Waals surface area contributed by atoms with Crippen molar-refractivity contribution in [1.82, 2.24) is 24.7 Å². The summed E-state index contributed by atoms with van der Waals surface area (Å²) in [5.41, 5.74) is 1.51. The van der Waals surface area contributed by atoms with Crippen molar-refractivity contribution >= 4 is 35.3 Å². The van der Waals surface area contributed by atoms with Crippen molar-refractivity contribution in [2.45, 2.75) is 52.2 Å². The zero-order valence-electron chi connectivity index (χ0n) is 19.0. The van der Waals surface area contributed by atoms with Gasteiger partial charge in [0.2, 0.25) is 5.91 Å². The maximum absolute atomic E-state index is 13.2. The van der Waals surface area contributed by atoms with Crippen LogP contribution < -0.4 is 10.6 Å². The summed E-state index contributed by atoms with van der Waals surface area (Å²) in [4.78, 5) is 46.4. The average Bonchev–Trinajstić information content (AvgIpc) is 3.32. The van der Waals surface area contributed by atoms with Crippen LogP contribution in [-0.4, -0.2) is 62.5 Å². The van der Waals surface area contributed by atoms with Crippen LogP contribution in [0.3, 0.4) is 0 Å². The Kier molecular flexibility index (Phi) is 6.60. The van der Waals surface area contributed by atoms with Crippen LogP contribution in [0, 0.1) is 12.8 Å². The first-order chi connectivity index (χ1) is 15.7. The first kappa shape index (κ1) is 23.1. The van der Waals surface area contributed by atoms with Crippen LogP contribution in [0.1, 0.15) is 38.2 Å². The maximum atomic E-state index is 13.2. The molecule has 2 aliphatic rings. The molecule has 176 valence electrons. The van der Waals surface area contributed by atoms with Crippen LogP contribution in [0.15, 0.2) is 30.5 Å². The maximum Gasteiger partial charge on any atom is 0.330 e. The molecule has 1 atom stereocenters. The van der Waals surface area contributed by atoms with Gasteiger partial charge in [-0.15, -0.1) is 0 Å². The molecule has 10 heteroatoms. The highest BCUT2D eigenvalue weighted by Gasteiger charge is 2.37. The summed E-state index contributed by atoms with van der Waals surface area (Å²) in [5.74, 6) is 0.523. The van der Waals surface area contributed by atoms with E-state index in [0.717, 1.165) is 5.69 Å². The molecule has 0 radical (unpaired) electrons. The molecular weight excluding hydrogens is 444 g/mol. The van der Waals surface area contributed by atoms with Gasteiger partial charge in [0.15, 0.2) is 0 Å². The molecule has 2 N–H and O–H groups in total. The minimum absolute atomic E-state index is 0.0367. The molecule has 2 aromatic rings. The van der Waals surface area contributed by atoms with Gasteiger partial charge in [0.05, 0.1) is 18.4 Å². The lowest BCUT2D eigenvalue weighted by Gasteiger charge is -2.38. The minimum atomic E-state index is -0.642. The predicted octanol–water partition coefficient (Wildman–Crippen LogP) is 3.47. The smallest absolute Gasteiger partial charge is 0.330 e. The summed E-state index contributed by atoms with van der Waals surface area (Å²) >= 11 is 5.88. The van der Waals surface area contributed by atoms with Crippen molar-refractivity contribution in [1.29, 1.82) is 0 Å². The van der Waals surface area contributed by atoms with Crippen molar-refractivity contribution in [3.8, 4) is 0 Å². The van der Waals surface area contributed by atoms with Gasteiger partial charge in [0.1, 0.15) is 11.9 Å². The molecule has 1 aromatic carbocycles. The third-order valence-corrected chi connectivity index (χ3v) is 6.57. The average molecular weight is 473 g/mol. The number of imidazole rings is 1. The highest BCUT2D eigenvalue weighted by Crippen LogP contribution is 2.26. The highest BCUT2D eigenvalue weighted by atomic mass is 35.5. The van der Waals surface area contributed by atoms with Gasteiger partial charge < -0.3 is 20.4 Å². The minimum Gasteiger partial charge on any atom is -0.341 e. The third-order valence-electron chi connectivity index (χ3n) is 6.32. The molecule has 0 spiro atoms. The molecule has 3 heterocycles. The summed E-state index contributed by atoms with van der Waals surface area (Å²) in [7, 11) is 0.